The van der Waals surface area contributed by atoms with Gasteiger partial charge in [0.15, 0.2) is 5.65 Å². The Morgan fingerprint density at radius 2 is 1.97 bits per heavy atom. The van der Waals surface area contributed by atoms with Gasteiger partial charge in [-0.3, -0.25) is 14.2 Å². The van der Waals surface area contributed by atoms with Crippen LogP contribution in [-0.4, -0.2) is 31.8 Å². The molecule has 0 aliphatic rings. The normalized spacial score (nSPS) is 11.1. The van der Waals surface area contributed by atoms with Crippen LogP contribution in [0.5, 0.6) is 0 Å². The van der Waals surface area contributed by atoms with Gasteiger partial charge in [-0.15, -0.1) is 0 Å². The smallest absolute Gasteiger partial charge is 0.264 e. The maximum atomic E-state index is 13.1. The molecular formula is C21H16BrClFN5O2. The molecular weight excluding hydrogens is 489 g/mol. The SMILES string of the molecule is O=C(NCCn1ncc2c(=O)n(Cc3ccc(F)cc3)cnc21)c1cc(Br)ccc1Cl. The number of hydrogen-bond acceptors (Lipinski definition) is 4. The van der Waals surface area contributed by atoms with Crippen molar-refractivity contribution in [3.8, 4) is 0 Å². The molecule has 158 valence electrons. The number of fused-ring (bicyclic) bond motifs is 1. The summed E-state index contributed by atoms with van der Waals surface area (Å²) < 4.78 is 16.8. The van der Waals surface area contributed by atoms with Crippen LogP contribution in [0.4, 0.5) is 4.39 Å². The van der Waals surface area contributed by atoms with Crippen molar-refractivity contribution in [2.45, 2.75) is 13.1 Å². The third kappa shape index (κ3) is 4.67. The minimum absolute atomic E-state index is 0.245. The largest absolute Gasteiger partial charge is 0.350 e. The number of carbonyl (C=O) groups excluding carboxylic acids is 1. The van der Waals surface area contributed by atoms with Crippen LogP contribution in [0, 0.1) is 5.82 Å². The second-order valence-corrected chi connectivity index (χ2v) is 8.11. The van der Waals surface area contributed by atoms with Gasteiger partial charge in [0, 0.05) is 11.0 Å². The zero-order valence-corrected chi connectivity index (χ0v) is 18.4. The molecule has 2 aromatic carbocycles. The van der Waals surface area contributed by atoms with Gasteiger partial charge in [0.25, 0.3) is 11.5 Å². The summed E-state index contributed by atoms with van der Waals surface area (Å²) in [5.41, 5.74) is 1.33. The van der Waals surface area contributed by atoms with Crippen molar-refractivity contribution in [2.75, 3.05) is 6.54 Å². The Hall–Kier alpha value is -3.04. The lowest BCUT2D eigenvalue weighted by atomic mass is 10.2. The first-order valence-electron chi connectivity index (χ1n) is 9.31. The molecule has 1 N–H and O–H groups in total. The number of carbonyl (C=O) groups is 1. The van der Waals surface area contributed by atoms with E-state index in [1.54, 1.807) is 35.0 Å². The number of rotatable bonds is 6. The van der Waals surface area contributed by atoms with E-state index in [1.807, 2.05) is 0 Å². The molecule has 0 atom stereocenters. The Morgan fingerprint density at radius 1 is 1.19 bits per heavy atom. The van der Waals surface area contributed by atoms with E-state index in [0.717, 1.165) is 10.0 Å². The molecule has 2 heterocycles. The molecule has 2 aromatic heterocycles. The highest BCUT2D eigenvalue weighted by atomic mass is 79.9. The average Bonchev–Trinajstić information content (AvgIpc) is 3.17. The third-order valence-corrected chi connectivity index (χ3v) is 5.49. The van der Waals surface area contributed by atoms with Crippen LogP contribution in [0.15, 0.2) is 64.3 Å². The molecule has 0 fully saturated rings. The van der Waals surface area contributed by atoms with E-state index in [4.69, 9.17) is 11.6 Å². The quantitative estimate of drug-likeness (QED) is 0.435. The van der Waals surface area contributed by atoms with Crippen molar-refractivity contribution in [1.82, 2.24) is 24.6 Å². The van der Waals surface area contributed by atoms with E-state index >= 15 is 0 Å². The monoisotopic (exact) mass is 503 g/mol. The lowest BCUT2D eigenvalue weighted by molar-refractivity contribution is 0.0952. The molecule has 31 heavy (non-hydrogen) atoms. The second-order valence-electron chi connectivity index (χ2n) is 6.79. The van der Waals surface area contributed by atoms with Crippen molar-refractivity contribution in [3.05, 3.63) is 91.8 Å². The molecule has 10 heteroatoms. The molecule has 0 saturated carbocycles. The molecule has 4 rings (SSSR count). The molecule has 0 aliphatic carbocycles. The van der Waals surface area contributed by atoms with E-state index < -0.39 is 0 Å². The molecule has 0 spiro atoms. The summed E-state index contributed by atoms with van der Waals surface area (Å²) in [6.07, 6.45) is 2.89. The highest BCUT2D eigenvalue weighted by Crippen LogP contribution is 2.20. The number of halogens is 3. The van der Waals surface area contributed by atoms with Crippen LogP contribution >= 0.6 is 27.5 Å². The molecule has 0 aliphatic heterocycles. The maximum absolute atomic E-state index is 13.1. The minimum atomic E-state index is -0.333. The van der Waals surface area contributed by atoms with Gasteiger partial charge in [0.1, 0.15) is 17.5 Å². The zero-order chi connectivity index (χ0) is 22.0. The summed E-state index contributed by atoms with van der Waals surface area (Å²) in [5, 5.41) is 7.73. The third-order valence-electron chi connectivity index (χ3n) is 4.67. The van der Waals surface area contributed by atoms with Crippen LogP contribution in [0.25, 0.3) is 11.0 Å². The number of nitrogens with one attached hydrogen (secondary N) is 1. The number of aromatic nitrogens is 4. The number of benzene rings is 2. The summed E-state index contributed by atoms with van der Waals surface area (Å²) in [6, 6.07) is 11.0. The van der Waals surface area contributed by atoms with Crippen molar-refractivity contribution in [1.29, 1.82) is 0 Å². The fourth-order valence-corrected chi connectivity index (χ4v) is 3.67. The summed E-state index contributed by atoms with van der Waals surface area (Å²) >= 11 is 9.40. The molecule has 7 nitrogen and oxygen atoms in total. The Balaban J connectivity index is 1.46. The van der Waals surface area contributed by atoms with Crippen LogP contribution < -0.4 is 10.9 Å². The fraction of sp³-hybridized carbons (Fsp3) is 0.143. The maximum Gasteiger partial charge on any atom is 0.264 e. The fourth-order valence-electron chi connectivity index (χ4n) is 3.10. The van der Waals surface area contributed by atoms with E-state index in [9.17, 15) is 14.0 Å². The van der Waals surface area contributed by atoms with E-state index in [1.165, 1.54) is 29.2 Å². The Bertz CT molecular complexity index is 1320. The Labute approximate surface area is 189 Å². The van der Waals surface area contributed by atoms with Crippen LogP contribution in [0.1, 0.15) is 15.9 Å². The zero-order valence-electron chi connectivity index (χ0n) is 16.1. The van der Waals surface area contributed by atoms with Gasteiger partial charge in [-0.1, -0.05) is 39.7 Å². The molecule has 0 unspecified atom stereocenters. The van der Waals surface area contributed by atoms with Crippen molar-refractivity contribution in [2.24, 2.45) is 0 Å². The topological polar surface area (TPSA) is 81.8 Å². The highest BCUT2D eigenvalue weighted by Gasteiger charge is 2.13. The van der Waals surface area contributed by atoms with Crippen molar-refractivity contribution >= 4 is 44.5 Å². The lowest BCUT2D eigenvalue weighted by Crippen LogP contribution is -2.28. The number of nitrogens with zero attached hydrogens (tertiary/aromatic N) is 4. The molecule has 0 bridgehead atoms. The van der Waals surface area contributed by atoms with Gasteiger partial charge < -0.3 is 5.32 Å². The molecule has 4 aromatic rings. The Kier molecular flexibility index (Phi) is 6.15. The van der Waals surface area contributed by atoms with Gasteiger partial charge in [-0.05, 0) is 35.9 Å². The average molecular weight is 505 g/mol. The predicted octanol–water partition coefficient (Wildman–Crippen LogP) is 3.63. The molecule has 1 amide bonds. The van der Waals surface area contributed by atoms with Gasteiger partial charge in [0.2, 0.25) is 0 Å². The van der Waals surface area contributed by atoms with Gasteiger partial charge in [-0.25, -0.2) is 14.1 Å². The van der Waals surface area contributed by atoms with E-state index in [0.29, 0.717) is 28.2 Å². The standard InChI is InChI=1S/C21H16BrClFN5O2/c22-14-3-6-18(23)16(9-14)20(30)25-7-8-29-19-17(10-27-29)21(31)28(12-26-19)11-13-1-4-15(24)5-2-13/h1-6,9-10,12H,7-8,11H2,(H,25,30). The lowest BCUT2D eigenvalue weighted by Gasteiger charge is -2.08. The van der Waals surface area contributed by atoms with E-state index in [-0.39, 0.29) is 30.4 Å². The van der Waals surface area contributed by atoms with Crippen molar-refractivity contribution in [3.63, 3.8) is 0 Å². The molecule has 0 saturated heterocycles. The first-order valence-corrected chi connectivity index (χ1v) is 10.5. The number of amides is 1. The minimum Gasteiger partial charge on any atom is -0.350 e. The van der Waals surface area contributed by atoms with E-state index in [2.05, 4.69) is 31.3 Å². The Morgan fingerprint density at radius 3 is 2.74 bits per heavy atom. The van der Waals surface area contributed by atoms with Crippen LogP contribution in [0.2, 0.25) is 5.02 Å². The highest BCUT2D eigenvalue weighted by molar-refractivity contribution is 9.10. The van der Waals surface area contributed by atoms with Gasteiger partial charge in [-0.2, -0.15) is 5.10 Å². The summed E-state index contributed by atoms with van der Waals surface area (Å²) in [6.45, 7) is 0.880. The second kappa shape index (κ2) is 8.99. The predicted molar refractivity (Wildman–Crippen MR) is 119 cm³/mol. The van der Waals surface area contributed by atoms with Crippen molar-refractivity contribution < 1.29 is 9.18 Å². The van der Waals surface area contributed by atoms with Crippen LogP contribution in [0.3, 0.4) is 0 Å². The summed E-state index contributed by atoms with van der Waals surface area (Å²) in [7, 11) is 0. The van der Waals surface area contributed by atoms with Gasteiger partial charge >= 0.3 is 0 Å². The number of hydrogen-bond donors (Lipinski definition) is 1. The molecule has 0 radical (unpaired) electrons. The first kappa shape index (κ1) is 21.2. The van der Waals surface area contributed by atoms with Crippen LogP contribution in [-0.2, 0) is 13.1 Å². The summed E-state index contributed by atoms with van der Waals surface area (Å²) in [5.74, 6) is -0.641. The summed E-state index contributed by atoms with van der Waals surface area (Å²) in [4.78, 5) is 29.5. The first-order chi connectivity index (χ1) is 14.9. The van der Waals surface area contributed by atoms with Gasteiger partial charge in [0.05, 0.1) is 29.9 Å².